The Kier molecular flexibility index (Phi) is 3.71. The highest BCUT2D eigenvalue weighted by atomic mass is 16.5. The van der Waals surface area contributed by atoms with Gasteiger partial charge in [-0.25, -0.2) is 0 Å². The number of methoxy groups -OCH3 is 1. The summed E-state index contributed by atoms with van der Waals surface area (Å²) >= 11 is 0. The predicted molar refractivity (Wildman–Crippen MR) is 51.3 cm³/mol. The third kappa shape index (κ3) is 2.43. The summed E-state index contributed by atoms with van der Waals surface area (Å²) in [6.07, 6.45) is 2.88. The van der Waals surface area contributed by atoms with E-state index in [1.807, 2.05) is 0 Å². The summed E-state index contributed by atoms with van der Waals surface area (Å²) in [5, 5.41) is 8.96. The van der Waals surface area contributed by atoms with Crippen molar-refractivity contribution in [2.75, 3.05) is 26.7 Å². The molecule has 1 fully saturated rings. The number of nitriles is 1. The molecule has 0 unspecified atom stereocenters. The summed E-state index contributed by atoms with van der Waals surface area (Å²) in [6.45, 7) is 5.32. The molecule has 0 aromatic heterocycles. The summed E-state index contributed by atoms with van der Waals surface area (Å²) in [6, 6.07) is 2.28. The Morgan fingerprint density at radius 1 is 1.46 bits per heavy atom. The molecule has 0 spiro atoms. The van der Waals surface area contributed by atoms with Crippen molar-refractivity contribution in [3.05, 3.63) is 0 Å². The van der Waals surface area contributed by atoms with Gasteiger partial charge in [-0.3, -0.25) is 0 Å². The van der Waals surface area contributed by atoms with E-state index in [0.717, 1.165) is 32.5 Å². The lowest BCUT2D eigenvalue weighted by molar-refractivity contribution is -0.0138. The highest BCUT2D eigenvalue weighted by Crippen LogP contribution is 2.24. The lowest BCUT2D eigenvalue weighted by Gasteiger charge is -2.35. The Labute approximate surface area is 80.3 Å². The van der Waals surface area contributed by atoms with Crippen molar-refractivity contribution >= 4 is 0 Å². The molecule has 1 saturated heterocycles. The Bertz CT molecular complexity index is 190. The van der Waals surface area contributed by atoms with Gasteiger partial charge in [0, 0.05) is 33.0 Å². The molecule has 3 nitrogen and oxygen atoms in total. The van der Waals surface area contributed by atoms with Crippen molar-refractivity contribution in [2.24, 2.45) is 0 Å². The first-order valence-electron chi connectivity index (χ1n) is 4.95. The third-order valence-electron chi connectivity index (χ3n) is 2.80. The van der Waals surface area contributed by atoms with Gasteiger partial charge in [-0.2, -0.15) is 5.26 Å². The first kappa shape index (κ1) is 10.5. The Balaban J connectivity index is 2.42. The van der Waals surface area contributed by atoms with E-state index in [2.05, 4.69) is 17.9 Å². The number of hydrogen-bond donors (Lipinski definition) is 0. The number of rotatable bonds is 3. The minimum Gasteiger partial charge on any atom is -0.363 e. The van der Waals surface area contributed by atoms with Gasteiger partial charge in [-0.1, -0.05) is 6.92 Å². The highest BCUT2D eigenvalue weighted by Gasteiger charge is 2.34. The molecule has 0 amide bonds. The summed E-state index contributed by atoms with van der Waals surface area (Å²) in [5.74, 6) is 0. The van der Waals surface area contributed by atoms with Crippen LogP contribution in [0, 0.1) is 11.3 Å². The van der Waals surface area contributed by atoms with Crippen molar-refractivity contribution in [2.45, 2.75) is 31.8 Å². The van der Waals surface area contributed by atoms with Crippen molar-refractivity contribution < 1.29 is 4.74 Å². The molecule has 74 valence electrons. The van der Waals surface area contributed by atoms with Gasteiger partial charge in [-0.15, -0.1) is 0 Å². The average molecular weight is 182 g/mol. The third-order valence-corrected chi connectivity index (χ3v) is 2.80. The molecule has 1 heterocycles. The molecule has 0 saturated carbocycles. The number of likely N-dealkylation sites (tertiary alicyclic amines) is 1. The molecule has 0 bridgehead atoms. The first-order valence-corrected chi connectivity index (χ1v) is 4.95. The molecule has 0 atom stereocenters. The summed E-state index contributed by atoms with van der Waals surface area (Å²) in [7, 11) is 1.64. The number of nitrogens with zero attached hydrogens (tertiary/aromatic N) is 2. The molecule has 0 radical (unpaired) electrons. The van der Waals surface area contributed by atoms with Crippen molar-refractivity contribution in [3.8, 4) is 6.07 Å². The molecule has 0 aliphatic carbocycles. The Morgan fingerprint density at radius 2 is 2.08 bits per heavy atom. The van der Waals surface area contributed by atoms with Crippen molar-refractivity contribution in [1.82, 2.24) is 4.90 Å². The van der Waals surface area contributed by atoms with Crippen molar-refractivity contribution in [3.63, 3.8) is 0 Å². The molecule has 13 heavy (non-hydrogen) atoms. The van der Waals surface area contributed by atoms with E-state index in [4.69, 9.17) is 10.00 Å². The minimum absolute atomic E-state index is 0.496. The maximum atomic E-state index is 8.96. The fourth-order valence-electron chi connectivity index (χ4n) is 1.82. The fraction of sp³-hybridized carbons (Fsp3) is 0.900. The zero-order valence-corrected chi connectivity index (χ0v) is 8.55. The number of hydrogen-bond acceptors (Lipinski definition) is 3. The monoisotopic (exact) mass is 182 g/mol. The SMILES string of the molecule is CCCN1CCC(C#N)(OC)CC1. The van der Waals surface area contributed by atoms with Crippen LogP contribution >= 0.6 is 0 Å². The molecular weight excluding hydrogens is 164 g/mol. The van der Waals surface area contributed by atoms with E-state index in [1.165, 1.54) is 6.42 Å². The van der Waals surface area contributed by atoms with Crippen LogP contribution in [0.5, 0.6) is 0 Å². The second kappa shape index (κ2) is 4.59. The molecule has 3 heteroatoms. The van der Waals surface area contributed by atoms with Gasteiger partial charge in [-0.05, 0) is 13.0 Å². The van der Waals surface area contributed by atoms with Crippen LogP contribution in [0.15, 0.2) is 0 Å². The van der Waals surface area contributed by atoms with Crippen LogP contribution in [-0.2, 0) is 4.74 Å². The van der Waals surface area contributed by atoms with E-state index in [0.29, 0.717) is 0 Å². The first-order chi connectivity index (χ1) is 6.26. The normalized spacial score (nSPS) is 22.5. The maximum Gasteiger partial charge on any atom is 0.156 e. The van der Waals surface area contributed by atoms with Gasteiger partial charge in [0.1, 0.15) is 0 Å². The van der Waals surface area contributed by atoms with E-state index in [-0.39, 0.29) is 0 Å². The maximum absolute atomic E-state index is 8.96. The smallest absolute Gasteiger partial charge is 0.156 e. The zero-order chi connectivity index (χ0) is 9.73. The van der Waals surface area contributed by atoms with Crippen LogP contribution in [0.2, 0.25) is 0 Å². The van der Waals surface area contributed by atoms with Crippen LogP contribution in [0.3, 0.4) is 0 Å². The van der Waals surface area contributed by atoms with E-state index in [9.17, 15) is 0 Å². The van der Waals surface area contributed by atoms with Gasteiger partial charge in [0.15, 0.2) is 5.60 Å². The van der Waals surface area contributed by atoms with Gasteiger partial charge in [0.25, 0.3) is 0 Å². The van der Waals surface area contributed by atoms with Crippen LogP contribution in [-0.4, -0.2) is 37.2 Å². The van der Waals surface area contributed by atoms with E-state index < -0.39 is 5.60 Å². The van der Waals surface area contributed by atoms with Crippen molar-refractivity contribution in [1.29, 1.82) is 5.26 Å². The summed E-state index contributed by atoms with van der Waals surface area (Å²) < 4.78 is 5.27. The van der Waals surface area contributed by atoms with Crippen LogP contribution in [0.4, 0.5) is 0 Å². The molecule has 1 aliphatic rings. The molecule has 0 aromatic rings. The van der Waals surface area contributed by atoms with Gasteiger partial charge in [0.05, 0.1) is 6.07 Å². The molecule has 0 aromatic carbocycles. The fourth-order valence-corrected chi connectivity index (χ4v) is 1.82. The van der Waals surface area contributed by atoms with Gasteiger partial charge >= 0.3 is 0 Å². The van der Waals surface area contributed by atoms with Crippen LogP contribution in [0.1, 0.15) is 26.2 Å². The molecular formula is C10H18N2O. The topological polar surface area (TPSA) is 36.3 Å². The Hall–Kier alpha value is -0.590. The quantitative estimate of drug-likeness (QED) is 0.662. The standard InChI is InChI=1S/C10H18N2O/c1-3-6-12-7-4-10(9-11,13-2)5-8-12/h3-8H2,1-2H3. The van der Waals surface area contributed by atoms with E-state index >= 15 is 0 Å². The molecule has 1 aliphatic heterocycles. The molecule has 1 rings (SSSR count). The second-order valence-electron chi connectivity index (χ2n) is 3.65. The van der Waals surface area contributed by atoms with Gasteiger partial charge < -0.3 is 9.64 Å². The predicted octanol–water partition coefficient (Wildman–Crippen LogP) is 1.40. The lowest BCUT2D eigenvalue weighted by Crippen LogP contribution is -2.44. The Morgan fingerprint density at radius 3 is 2.46 bits per heavy atom. The lowest BCUT2D eigenvalue weighted by atomic mass is 9.93. The van der Waals surface area contributed by atoms with E-state index in [1.54, 1.807) is 7.11 Å². The summed E-state index contributed by atoms with van der Waals surface area (Å²) in [5.41, 5.74) is -0.496. The molecule has 0 N–H and O–H groups in total. The highest BCUT2D eigenvalue weighted by molar-refractivity contribution is 5.04. The zero-order valence-electron chi connectivity index (χ0n) is 8.55. The number of ether oxygens (including phenoxy) is 1. The van der Waals surface area contributed by atoms with Crippen LogP contribution < -0.4 is 0 Å². The second-order valence-corrected chi connectivity index (χ2v) is 3.65. The summed E-state index contributed by atoms with van der Waals surface area (Å²) in [4.78, 5) is 2.40. The van der Waals surface area contributed by atoms with Crippen LogP contribution in [0.25, 0.3) is 0 Å². The average Bonchev–Trinajstić information content (AvgIpc) is 2.20. The van der Waals surface area contributed by atoms with Gasteiger partial charge in [0.2, 0.25) is 0 Å². The largest absolute Gasteiger partial charge is 0.363 e. The number of piperidine rings is 1. The minimum atomic E-state index is -0.496.